The monoisotopic (exact) mass is 260 g/mol. The van der Waals surface area contributed by atoms with Gasteiger partial charge in [0.2, 0.25) is 0 Å². The highest BCUT2D eigenvalue weighted by Gasteiger charge is 2.22. The molecule has 0 saturated carbocycles. The van der Waals surface area contributed by atoms with Crippen LogP contribution in [0.1, 0.15) is 41.2 Å². The average molecular weight is 260 g/mol. The summed E-state index contributed by atoms with van der Waals surface area (Å²) >= 11 is 0. The van der Waals surface area contributed by atoms with Crippen molar-refractivity contribution in [2.75, 3.05) is 0 Å². The van der Waals surface area contributed by atoms with Gasteiger partial charge in [0.05, 0.1) is 0 Å². The van der Waals surface area contributed by atoms with Crippen molar-refractivity contribution in [3.63, 3.8) is 0 Å². The molecule has 0 heteroatoms. The molecule has 0 N–H and O–H groups in total. The first-order valence-electron chi connectivity index (χ1n) is 7.69. The van der Waals surface area contributed by atoms with Crippen molar-refractivity contribution < 1.29 is 0 Å². The highest BCUT2D eigenvalue weighted by atomic mass is 14.3. The normalized spacial score (nSPS) is 16.4. The maximum absolute atomic E-state index is 2.49. The van der Waals surface area contributed by atoms with Crippen molar-refractivity contribution in [1.29, 1.82) is 0 Å². The number of rotatable bonds is 2. The van der Waals surface area contributed by atoms with E-state index < -0.39 is 0 Å². The zero-order valence-corrected chi connectivity index (χ0v) is 12.1. The second-order valence-electron chi connectivity index (χ2n) is 6.23. The Morgan fingerprint density at radius 2 is 1.65 bits per heavy atom. The molecule has 100 valence electrons. The first kappa shape index (κ1) is 12.0. The number of benzene rings is 2. The van der Waals surface area contributed by atoms with E-state index in [4.69, 9.17) is 0 Å². The lowest BCUT2D eigenvalue weighted by molar-refractivity contribution is 0.911. The molecule has 0 spiro atoms. The third kappa shape index (κ3) is 1.91. The fourth-order valence-corrected chi connectivity index (χ4v) is 3.77. The Morgan fingerprint density at radius 3 is 2.45 bits per heavy atom. The van der Waals surface area contributed by atoms with Crippen LogP contribution >= 0.6 is 0 Å². The smallest absolute Gasteiger partial charge is 0.00202 e. The zero-order valence-electron chi connectivity index (χ0n) is 12.1. The van der Waals surface area contributed by atoms with E-state index in [9.17, 15) is 0 Å². The maximum atomic E-state index is 2.49. The molecule has 2 aliphatic carbocycles. The molecule has 0 heterocycles. The molecular formula is C20H20. The minimum absolute atomic E-state index is 1.08. The van der Waals surface area contributed by atoms with E-state index in [1.165, 1.54) is 30.4 Å². The molecule has 0 amide bonds. The minimum atomic E-state index is 1.08. The molecule has 0 aliphatic heterocycles. The fraction of sp³-hybridized carbons (Fsp3) is 0.300. The standard InChI is InChI=1S/C20H20/c1-14-10-18-12-16-8-5-9-17(16)13-20(18)19(14)11-15-6-3-2-4-7-15/h2-4,6-7,12-13H,5,8-11H2,1H3. The van der Waals surface area contributed by atoms with Crippen LogP contribution in [0.5, 0.6) is 0 Å². The van der Waals surface area contributed by atoms with Gasteiger partial charge in [-0.2, -0.15) is 0 Å². The third-order valence-electron chi connectivity index (χ3n) is 4.84. The van der Waals surface area contributed by atoms with Crippen LogP contribution in [0.3, 0.4) is 0 Å². The van der Waals surface area contributed by atoms with Gasteiger partial charge in [0.25, 0.3) is 0 Å². The Labute approximate surface area is 121 Å². The van der Waals surface area contributed by atoms with Gasteiger partial charge in [-0.25, -0.2) is 0 Å². The minimum Gasteiger partial charge on any atom is -0.0648 e. The van der Waals surface area contributed by atoms with Crippen LogP contribution in [0.2, 0.25) is 0 Å². The number of hydrogen-bond acceptors (Lipinski definition) is 0. The summed E-state index contributed by atoms with van der Waals surface area (Å²) in [5, 5.41) is 0. The molecule has 0 atom stereocenters. The summed E-state index contributed by atoms with van der Waals surface area (Å²) in [4.78, 5) is 0. The summed E-state index contributed by atoms with van der Waals surface area (Å²) in [5.41, 5.74) is 10.9. The van der Waals surface area contributed by atoms with Gasteiger partial charge in [0.1, 0.15) is 0 Å². The van der Waals surface area contributed by atoms with E-state index in [1.54, 1.807) is 27.8 Å². The van der Waals surface area contributed by atoms with Gasteiger partial charge in [-0.1, -0.05) is 48.0 Å². The molecule has 0 unspecified atom stereocenters. The Balaban J connectivity index is 1.74. The van der Waals surface area contributed by atoms with Gasteiger partial charge in [0, 0.05) is 0 Å². The molecule has 0 fully saturated rings. The van der Waals surface area contributed by atoms with Gasteiger partial charge in [-0.05, 0) is 72.4 Å². The number of allylic oxidation sites excluding steroid dienone is 2. The molecule has 0 aromatic heterocycles. The predicted molar refractivity (Wildman–Crippen MR) is 84.9 cm³/mol. The van der Waals surface area contributed by atoms with Crippen molar-refractivity contribution in [2.45, 2.75) is 39.0 Å². The highest BCUT2D eigenvalue weighted by molar-refractivity contribution is 5.78. The largest absolute Gasteiger partial charge is 0.0648 e. The molecule has 0 saturated heterocycles. The second kappa shape index (κ2) is 4.63. The number of aryl methyl sites for hydroxylation is 2. The molecule has 4 rings (SSSR count). The fourth-order valence-electron chi connectivity index (χ4n) is 3.77. The van der Waals surface area contributed by atoms with E-state index in [0.29, 0.717) is 0 Å². The molecular weight excluding hydrogens is 240 g/mol. The Kier molecular flexibility index (Phi) is 2.77. The second-order valence-corrected chi connectivity index (χ2v) is 6.23. The predicted octanol–water partition coefficient (Wildman–Crippen LogP) is 4.75. The van der Waals surface area contributed by atoms with Crippen molar-refractivity contribution in [3.8, 4) is 0 Å². The molecule has 20 heavy (non-hydrogen) atoms. The Hall–Kier alpha value is -1.82. The summed E-state index contributed by atoms with van der Waals surface area (Å²) in [7, 11) is 0. The number of hydrogen-bond donors (Lipinski definition) is 0. The molecule has 0 bridgehead atoms. The lowest BCUT2D eigenvalue weighted by atomic mass is 9.95. The summed E-state index contributed by atoms with van der Waals surface area (Å²) in [6.07, 6.45) is 6.15. The van der Waals surface area contributed by atoms with E-state index in [2.05, 4.69) is 49.4 Å². The molecule has 2 aromatic rings. The summed E-state index contributed by atoms with van der Waals surface area (Å²) in [5.74, 6) is 0. The quantitative estimate of drug-likeness (QED) is 0.731. The Morgan fingerprint density at radius 1 is 0.900 bits per heavy atom. The Bertz CT molecular complexity index is 689. The lowest BCUT2D eigenvalue weighted by Crippen LogP contribution is -1.93. The summed E-state index contributed by atoms with van der Waals surface area (Å²) in [6, 6.07) is 15.8. The summed E-state index contributed by atoms with van der Waals surface area (Å²) < 4.78 is 0. The van der Waals surface area contributed by atoms with Gasteiger partial charge in [-0.3, -0.25) is 0 Å². The average Bonchev–Trinajstić information content (AvgIpc) is 3.03. The third-order valence-corrected chi connectivity index (χ3v) is 4.84. The van der Waals surface area contributed by atoms with Crippen LogP contribution in [0.15, 0.2) is 48.0 Å². The van der Waals surface area contributed by atoms with Crippen molar-refractivity contribution in [1.82, 2.24) is 0 Å². The van der Waals surface area contributed by atoms with E-state index >= 15 is 0 Å². The van der Waals surface area contributed by atoms with Crippen molar-refractivity contribution in [2.24, 2.45) is 0 Å². The van der Waals surface area contributed by atoms with Gasteiger partial charge < -0.3 is 0 Å². The van der Waals surface area contributed by atoms with Crippen LogP contribution in [0, 0.1) is 0 Å². The molecule has 2 aliphatic rings. The van der Waals surface area contributed by atoms with Crippen molar-refractivity contribution >= 4 is 5.57 Å². The van der Waals surface area contributed by atoms with E-state index in [0.717, 1.165) is 12.8 Å². The first-order chi connectivity index (χ1) is 9.81. The van der Waals surface area contributed by atoms with Crippen LogP contribution in [0.4, 0.5) is 0 Å². The van der Waals surface area contributed by atoms with E-state index in [-0.39, 0.29) is 0 Å². The van der Waals surface area contributed by atoms with Crippen molar-refractivity contribution in [3.05, 3.63) is 75.9 Å². The molecule has 0 nitrogen and oxygen atoms in total. The zero-order chi connectivity index (χ0) is 13.5. The molecule has 2 aromatic carbocycles. The van der Waals surface area contributed by atoms with Gasteiger partial charge in [-0.15, -0.1) is 0 Å². The molecule has 0 radical (unpaired) electrons. The van der Waals surface area contributed by atoms with Crippen LogP contribution in [0.25, 0.3) is 5.57 Å². The van der Waals surface area contributed by atoms with Gasteiger partial charge in [0.15, 0.2) is 0 Å². The van der Waals surface area contributed by atoms with Gasteiger partial charge >= 0.3 is 0 Å². The van der Waals surface area contributed by atoms with Crippen LogP contribution in [-0.4, -0.2) is 0 Å². The summed E-state index contributed by atoms with van der Waals surface area (Å²) in [6.45, 7) is 2.31. The number of fused-ring (bicyclic) bond motifs is 2. The van der Waals surface area contributed by atoms with E-state index in [1.807, 2.05) is 0 Å². The SMILES string of the molecule is CC1=C(Cc2ccccc2)c2cc3c(cc2C1)CCC3. The lowest BCUT2D eigenvalue weighted by Gasteiger charge is -2.10. The highest BCUT2D eigenvalue weighted by Crippen LogP contribution is 2.38. The topological polar surface area (TPSA) is 0 Å². The maximum Gasteiger partial charge on any atom is -0.00202 e. The van der Waals surface area contributed by atoms with Crippen LogP contribution in [-0.2, 0) is 25.7 Å². The first-order valence-corrected chi connectivity index (χ1v) is 7.69. The van der Waals surface area contributed by atoms with Crippen LogP contribution < -0.4 is 0 Å².